The first-order chi connectivity index (χ1) is 10.3. The lowest BCUT2D eigenvalue weighted by molar-refractivity contribution is -0.113. The molecule has 1 saturated heterocycles. The first-order valence-corrected chi connectivity index (χ1v) is 7.42. The zero-order valence-electron chi connectivity index (χ0n) is 11.5. The number of benzene rings is 1. The summed E-state index contributed by atoms with van der Waals surface area (Å²) in [5.74, 6) is 0.994. The molecular weight excluding hydrogens is 290 g/mol. The molecule has 110 valence electrons. The molecule has 0 bridgehead atoms. The van der Waals surface area contributed by atoms with Gasteiger partial charge in [-0.25, -0.2) is 0 Å². The molecule has 1 fully saturated rings. The van der Waals surface area contributed by atoms with Gasteiger partial charge in [-0.15, -0.1) is 0 Å². The molecule has 0 spiro atoms. The Morgan fingerprint density at radius 1 is 1.38 bits per heavy atom. The van der Waals surface area contributed by atoms with E-state index < -0.39 is 0 Å². The summed E-state index contributed by atoms with van der Waals surface area (Å²) >= 11 is 6.12. The minimum Gasteiger partial charge on any atom is -0.334 e. The molecule has 1 aromatic heterocycles. The summed E-state index contributed by atoms with van der Waals surface area (Å²) in [6, 6.07) is 7.31. The highest BCUT2D eigenvalue weighted by Gasteiger charge is 2.23. The smallest absolute Gasteiger partial charge is 0.259 e. The molecule has 1 aliphatic rings. The predicted octanol–water partition coefficient (Wildman–Crippen LogP) is 2.94. The number of halogens is 1. The molecule has 1 aliphatic heterocycles. The minimum atomic E-state index is -0.0407. The van der Waals surface area contributed by atoms with Gasteiger partial charge in [0.2, 0.25) is 0 Å². The maximum atomic E-state index is 11.1. The summed E-state index contributed by atoms with van der Waals surface area (Å²) in [5.41, 5.74) is 0.725. The van der Waals surface area contributed by atoms with Crippen LogP contribution in [0.3, 0.4) is 0 Å². The average molecular weight is 306 g/mol. The van der Waals surface area contributed by atoms with Crippen molar-refractivity contribution in [3.63, 3.8) is 0 Å². The topological polar surface area (TPSA) is 59.2 Å². The maximum absolute atomic E-state index is 11.1. The summed E-state index contributed by atoms with van der Waals surface area (Å²) in [6.45, 7) is 1.41. The van der Waals surface area contributed by atoms with Gasteiger partial charge in [0, 0.05) is 0 Å². The summed E-state index contributed by atoms with van der Waals surface area (Å²) < 4.78 is 5.28. The molecule has 1 atom stereocenters. The van der Waals surface area contributed by atoms with Crippen molar-refractivity contribution in [2.24, 2.45) is 0 Å². The van der Waals surface area contributed by atoms with Gasteiger partial charge in [0.15, 0.2) is 5.82 Å². The molecule has 21 heavy (non-hydrogen) atoms. The molecule has 5 nitrogen and oxygen atoms in total. The predicted molar refractivity (Wildman–Crippen MR) is 78.9 cm³/mol. The molecular formula is C15H16ClN3O2. The number of nitrogens with zero attached hydrogens (tertiary/aromatic N) is 3. The highest BCUT2D eigenvalue weighted by atomic mass is 35.5. The van der Waals surface area contributed by atoms with Crippen LogP contribution in [0.2, 0.25) is 5.02 Å². The first kappa shape index (κ1) is 14.2. The summed E-state index contributed by atoms with van der Waals surface area (Å²) in [4.78, 5) is 17.6. The quantitative estimate of drug-likeness (QED) is 0.813. The third-order valence-corrected chi connectivity index (χ3v) is 4.07. The monoisotopic (exact) mass is 305 g/mol. The molecule has 0 amide bonds. The number of hydrogen-bond acceptors (Lipinski definition) is 5. The third-order valence-electron chi connectivity index (χ3n) is 3.74. The van der Waals surface area contributed by atoms with Gasteiger partial charge in [0.1, 0.15) is 6.29 Å². The molecule has 0 aliphatic carbocycles. The van der Waals surface area contributed by atoms with Crippen molar-refractivity contribution in [2.75, 3.05) is 6.54 Å². The van der Waals surface area contributed by atoms with Crippen LogP contribution in [0.4, 0.5) is 0 Å². The lowest BCUT2D eigenvalue weighted by Gasteiger charge is -2.30. The fraction of sp³-hybridized carbons (Fsp3) is 0.400. The van der Waals surface area contributed by atoms with E-state index in [4.69, 9.17) is 16.1 Å². The van der Waals surface area contributed by atoms with Crippen LogP contribution in [0, 0.1) is 0 Å². The summed E-state index contributed by atoms with van der Waals surface area (Å²) in [5, 5.41) is 4.57. The van der Waals surface area contributed by atoms with E-state index in [1.165, 1.54) is 0 Å². The fourth-order valence-electron chi connectivity index (χ4n) is 2.61. The second-order valence-electron chi connectivity index (χ2n) is 5.17. The van der Waals surface area contributed by atoms with Crippen LogP contribution in [-0.4, -0.2) is 33.9 Å². The third kappa shape index (κ3) is 3.14. The van der Waals surface area contributed by atoms with Gasteiger partial charge in [0.05, 0.1) is 23.2 Å². The number of piperidine rings is 1. The van der Waals surface area contributed by atoms with E-state index in [1.54, 1.807) is 6.07 Å². The van der Waals surface area contributed by atoms with Crippen LogP contribution in [0.25, 0.3) is 11.5 Å². The zero-order chi connectivity index (χ0) is 14.7. The number of hydrogen-bond donors (Lipinski definition) is 0. The standard InChI is InChI=1S/C15H16ClN3O2/c16-13-7-2-1-6-12(13)15-17-14(18-21-15)9-19-8-4-3-5-11(19)10-20/h1-2,6-7,10-11H,3-5,8-9H2. The Morgan fingerprint density at radius 3 is 3.05 bits per heavy atom. The van der Waals surface area contributed by atoms with Crippen LogP contribution in [-0.2, 0) is 11.3 Å². The molecule has 3 rings (SSSR count). The number of rotatable bonds is 4. The molecule has 2 aromatic rings. The van der Waals surface area contributed by atoms with Crippen molar-refractivity contribution in [3.05, 3.63) is 35.1 Å². The van der Waals surface area contributed by atoms with Crippen LogP contribution in [0.15, 0.2) is 28.8 Å². The highest BCUT2D eigenvalue weighted by molar-refractivity contribution is 6.33. The van der Waals surface area contributed by atoms with Crippen molar-refractivity contribution in [2.45, 2.75) is 31.8 Å². The van der Waals surface area contributed by atoms with E-state index in [-0.39, 0.29) is 6.04 Å². The largest absolute Gasteiger partial charge is 0.334 e. The summed E-state index contributed by atoms with van der Waals surface area (Å²) in [7, 11) is 0. The molecule has 0 radical (unpaired) electrons. The van der Waals surface area contributed by atoms with Crippen molar-refractivity contribution in [3.8, 4) is 11.5 Å². The Morgan fingerprint density at radius 2 is 2.24 bits per heavy atom. The lowest BCUT2D eigenvalue weighted by atomic mass is 10.0. The van der Waals surface area contributed by atoms with Crippen molar-refractivity contribution >= 4 is 17.9 Å². The summed E-state index contributed by atoms with van der Waals surface area (Å²) in [6.07, 6.45) is 4.10. The van der Waals surface area contributed by atoms with Crippen molar-refractivity contribution in [1.29, 1.82) is 0 Å². The average Bonchev–Trinajstić information content (AvgIpc) is 2.96. The molecule has 1 aromatic carbocycles. The number of carbonyl (C=O) groups excluding carboxylic acids is 1. The molecule has 6 heteroatoms. The lowest BCUT2D eigenvalue weighted by Crippen LogP contribution is -2.40. The Labute approximate surface area is 127 Å². The minimum absolute atomic E-state index is 0.0407. The van der Waals surface area contributed by atoms with E-state index in [0.717, 1.165) is 37.7 Å². The highest BCUT2D eigenvalue weighted by Crippen LogP contribution is 2.26. The van der Waals surface area contributed by atoms with E-state index in [2.05, 4.69) is 15.0 Å². The SMILES string of the molecule is O=CC1CCCCN1Cc1noc(-c2ccccc2Cl)n1. The van der Waals surface area contributed by atoms with Gasteiger partial charge in [-0.1, -0.05) is 35.3 Å². The van der Waals surface area contributed by atoms with E-state index in [1.807, 2.05) is 18.2 Å². The van der Waals surface area contributed by atoms with Crippen LogP contribution < -0.4 is 0 Å². The number of carbonyl (C=O) groups is 1. The number of likely N-dealkylation sites (tertiary alicyclic amines) is 1. The number of aldehydes is 1. The molecule has 0 N–H and O–H groups in total. The van der Waals surface area contributed by atoms with Crippen molar-refractivity contribution < 1.29 is 9.32 Å². The van der Waals surface area contributed by atoms with Gasteiger partial charge in [-0.05, 0) is 31.5 Å². The van der Waals surface area contributed by atoms with E-state index >= 15 is 0 Å². The Bertz CT molecular complexity index is 629. The van der Waals surface area contributed by atoms with E-state index in [9.17, 15) is 4.79 Å². The fourth-order valence-corrected chi connectivity index (χ4v) is 2.83. The van der Waals surface area contributed by atoms with Crippen molar-refractivity contribution in [1.82, 2.24) is 15.0 Å². The van der Waals surface area contributed by atoms with Gasteiger partial charge in [0.25, 0.3) is 5.89 Å². The van der Waals surface area contributed by atoms with Gasteiger partial charge in [-0.2, -0.15) is 4.98 Å². The maximum Gasteiger partial charge on any atom is 0.259 e. The van der Waals surface area contributed by atoms with Gasteiger partial charge < -0.3 is 9.32 Å². The van der Waals surface area contributed by atoms with Gasteiger partial charge >= 0.3 is 0 Å². The normalized spacial score (nSPS) is 19.6. The molecule has 0 saturated carbocycles. The zero-order valence-corrected chi connectivity index (χ0v) is 12.3. The second-order valence-corrected chi connectivity index (χ2v) is 5.57. The Hall–Kier alpha value is -1.72. The second kappa shape index (κ2) is 6.37. The molecule has 2 heterocycles. The van der Waals surface area contributed by atoms with E-state index in [0.29, 0.717) is 23.3 Å². The van der Waals surface area contributed by atoms with Crippen LogP contribution in [0.1, 0.15) is 25.1 Å². The first-order valence-electron chi connectivity index (χ1n) is 7.05. The van der Waals surface area contributed by atoms with Crippen LogP contribution >= 0.6 is 11.6 Å². The number of aromatic nitrogens is 2. The van der Waals surface area contributed by atoms with Gasteiger partial charge in [-0.3, -0.25) is 4.90 Å². The Kier molecular flexibility index (Phi) is 4.31. The van der Waals surface area contributed by atoms with Crippen LogP contribution in [0.5, 0.6) is 0 Å². The molecule has 1 unspecified atom stereocenters. The Balaban J connectivity index is 1.76.